The van der Waals surface area contributed by atoms with Gasteiger partial charge in [0.25, 0.3) is 0 Å². The van der Waals surface area contributed by atoms with Crippen LogP contribution in [0.5, 0.6) is 0 Å². The fourth-order valence-corrected chi connectivity index (χ4v) is 4.36. The molecule has 0 atom stereocenters. The average Bonchev–Trinajstić information content (AvgIpc) is 2.88. The molecule has 21 heavy (non-hydrogen) atoms. The Morgan fingerprint density at radius 2 is 2.10 bits per heavy atom. The molecule has 1 aliphatic rings. The number of aromatic nitrogens is 1. The Labute approximate surface area is 131 Å². The molecule has 0 saturated carbocycles. The molecule has 6 nitrogen and oxygen atoms in total. The van der Waals surface area contributed by atoms with E-state index >= 15 is 0 Å². The van der Waals surface area contributed by atoms with Gasteiger partial charge in [-0.05, 0) is 26.7 Å². The van der Waals surface area contributed by atoms with E-state index in [2.05, 4.69) is 19.9 Å². The molecular formula is C13H24N4O2S2. The van der Waals surface area contributed by atoms with Crippen LogP contribution < -0.4 is 14.9 Å². The summed E-state index contributed by atoms with van der Waals surface area (Å²) in [5.74, 6) is 0. The van der Waals surface area contributed by atoms with Crippen molar-refractivity contribution in [3.8, 4) is 0 Å². The van der Waals surface area contributed by atoms with Crippen LogP contribution in [-0.4, -0.2) is 50.9 Å². The summed E-state index contributed by atoms with van der Waals surface area (Å²) in [7, 11) is -3.18. The number of rotatable bonds is 6. The van der Waals surface area contributed by atoms with Gasteiger partial charge in [0, 0.05) is 42.8 Å². The lowest BCUT2D eigenvalue weighted by Crippen LogP contribution is -2.53. The predicted octanol–water partition coefficient (Wildman–Crippen LogP) is 1.03. The molecule has 0 spiro atoms. The molecule has 1 aromatic heterocycles. The molecule has 0 radical (unpaired) electrons. The van der Waals surface area contributed by atoms with Crippen molar-refractivity contribution in [2.75, 3.05) is 30.8 Å². The molecule has 8 heteroatoms. The van der Waals surface area contributed by atoms with Crippen LogP contribution in [0.3, 0.4) is 0 Å². The Bertz CT molecular complexity index is 535. The van der Waals surface area contributed by atoms with E-state index in [-0.39, 0.29) is 0 Å². The van der Waals surface area contributed by atoms with Crippen molar-refractivity contribution in [3.63, 3.8) is 0 Å². The van der Waals surface area contributed by atoms with Crippen LogP contribution in [-0.2, 0) is 10.0 Å². The summed E-state index contributed by atoms with van der Waals surface area (Å²) in [6.45, 7) is 6.40. The van der Waals surface area contributed by atoms with Gasteiger partial charge in [-0.2, -0.15) is 0 Å². The van der Waals surface area contributed by atoms with Gasteiger partial charge in [0.1, 0.15) is 0 Å². The standard InChI is InChI=1S/C13H24N4O2S2/c1-13(2,16-21(3,18)19)10-15-11-4-7-17(8-5-11)12-14-6-9-20-12/h6,9,11,15-16H,4-5,7-8,10H2,1-3H3. The van der Waals surface area contributed by atoms with E-state index in [1.807, 2.05) is 25.4 Å². The minimum absolute atomic E-state index is 0.432. The van der Waals surface area contributed by atoms with Crippen LogP contribution >= 0.6 is 11.3 Å². The van der Waals surface area contributed by atoms with Gasteiger partial charge in [0.15, 0.2) is 5.13 Å². The molecule has 1 aromatic rings. The number of piperidine rings is 1. The maximum atomic E-state index is 11.3. The summed E-state index contributed by atoms with van der Waals surface area (Å²) in [4.78, 5) is 6.65. The SMILES string of the molecule is CC(C)(CNC1CCN(c2nccs2)CC1)NS(C)(=O)=O. The second-order valence-corrected chi connectivity index (χ2v) is 8.84. The van der Waals surface area contributed by atoms with Crippen molar-refractivity contribution >= 4 is 26.5 Å². The van der Waals surface area contributed by atoms with Crippen molar-refractivity contribution in [1.82, 2.24) is 15.0 Å². The summed E-state index contributed by atoms with van der Waals surface area (Å²) in [5.41, 5.74) is -0.472. The van der Waals surface area contributed by atoms with E-state index in [0.717, 1.165) is 31.1 Å². The molecule has 120 valence electrons. The van der Waals surface area contributed by atoms with Gasteiger partial charge in [0.2, 0.25) is 10.0 Å². The highest BCUT2D eigenvalue weighted by Gasteiger charge is 2.25. The normalized spacial score (nSPS) is 18.1. The number of thiazole rings is 1. The summed E-state index contributed by atoms with van der Waals surface area (Å²) in [6.07, 6.45) is 5.13. The first-order valence-electron chi connectivity index (χ1n) is 7.12. The number of hydrogen-bond donors (Lipinski definition) is 2. The Kier molecular flexibility index (Phi) is 5.24. The highest BCUT2D eigenvalue weighted by molar-refractivity contribution is 7.88. The van der Waals surface area contributed by atoms with Gasteiger partial charge in [0.05, 0.1) is 6.26 Å². The molecule has 0 aliphatic carbocycles. The van der Waals surface area contributed by atoms with Crippen molar-refractivity contribution in [2.45, 2.75) is 38.3 Å². The van der Waals surface area contributed by atoms with Crippen LogP contribution in [0.4, 0.5) is 5.13 Å². The third-order valence-corrected chi connectivity index (χ3v) is 5.23. The fourth-order valence-electron chi connectivity index (χ4n) is 2.58. The third kappa shape index (κ3) is 5.54. The van der Waals surface area contributed by atoms with Crippen LogP contribution in [0.2, 0.25) is 0 Å². The molecule has 0 bridgehead atoms. The Morgan fingerprint density at radius 3 is 2.62 bits per heavy atom. The molecule has 0 amide bonds. The lowest BCUT2D eigenvalue weighted by Gasteiger charge is -2.34. The van der Waals surface area contributed by atoms with Gasteiger partial charge < -0.3 is 10.2 Å². The number of hydrogen-bond acceptors (Lipinski definition) is 6. The molecule has 1 fully saturated rings. The number of sulfonamides is 1. The average molecular weight is 332 g/mol. The minimum atomic E-state index is -3.18. The van der Waals surface area contributed by atoms with Crippen LogP contribution in [0.25, 0.3) is 0 Å². The van der Waals surface area contributed by atoms with E-state index in [4.69, 9.17) is 0 Å². The number of nitrogens with one attached hydrogen (secondary N) is 2. The summed E-state index contributed by atoms with van der Waals surface area (Å²) in [5, 5.41) is 6.57. The highest BCUT2D eigenvalue weighted by atomic mass is 32.2. The smallest absolute Gasteiger partial charge is 0.209 e. The monoisotopic (exact) mass is 332 g/mol. The van der Waals surface area contributed by atoms with Crippen LogP contribution in [0.15, 0.2) is 11.6 Å². The van der Waals surface area contributed by atoms with E-state index in [1.54, 1.807) is 11.3 Å². The van der Waals surface area contributed by atoms with Crippen molar-refractivity contribution in [1.29, 1.82) is 0 Å². The van der Waals surface area contributed by atoms with E-state index < -0.39 is 15.6 Å². The topological polar surface area (TPSA) is 74.3 Å². The molecule has 2 heterocycles. The minimum Gasteiger partial charge on any atom is -0.348 e. The van der Waals surface area contributed by atoms with Crippen molar-refractivity contribution in [2.24, 2.45) is 0 Å². The van der Waals surface area contributed by atoms with Gasteiger partial charge in [-0.25, -0.2) is 18.1 Å². The summed E-state index contributed by atoms with van der Waals surface area (Å²) >= 11 is 1.67. The van der Waals surface area contributed by atoms with Crippen molar-refractivity contribution in [3.05, 3.63) is 11.6 Å². The number of nitrogens with zero attached hydrogens (tertiary/aromatic N) is 2. The first-order valence-corrected chi connectivity index (χ1v) is 9.89. The zero-order valence-electron chi connectivity index (χ0n) is 12.8. The maximum absolute atomic E-state index is 11.3. The van der Waals surface area contributed by atoms with Gasteiger partial charge >= 0.3 is 0 Å². The molecule has 0 aromatic carbocycles. The maximum Gasteiger partial charge on any atom is 0.209 e. The summed E-state index contributed by atoms with van der Waals surface area (Å²) in [6, 6.07) is 0.432. The summed E-state index contributed by atoms with van der Waals surface area (Å²) < 4.78 is 25.3. The quantitative estimate of drug-likeness (QED) is 0.814. The second-order valence-electron chi connectivity index (χ2n) is 6.22. The van der Waals surface area contributed by atoms with Gasteiger partial charge in [-0.1, -0.05) is 0 Å². The largest absolute Gasteiger partial charge is 0.348 e. The molecule has 1 saturated heterocycles. The van der Waals surface area contributed by atoms with E-state index in [9.17, 15) is 8.42 Å². The molecule has 2 rings (SSSR count). The Balaban J connectivity index is 1.76. The first kappa shape index (κ1) is 16.7. The Hall–Kier alpha value is -0.700. The van der Waals surface area contributed by atoms with E-state index in [1.165, 1.54) is 6.26 Å². The zero-order chi connectivity index (χ0) is 15.5. The lowest BCUT2D eigenvalue weighted by atomic mass is 10.0. The van der Waals surface area contributed by atoms with Crippen LogP contribution in [0.1, 0.15) is 26.7 Å². The lowest BCUT2D eigenvalue weighted by molar-refractivity contribution is 0.352. The molecule has 2 N–H and O–H groups in total. The van der Waals surface area contributed by atoms with Gasteiger partial charge in [-0.15, -0.1) is 11.3 Å². The van der Waals surface area contributed by atoms with Crippen molar-refractivity contribution < 1.29 is 8.42 Å². The first-order chi connectivity index (χ1) is 9.75. The zero-order valence-corrected chi connectivity index (χ0v) is 14.4. The third-order valence-electron chi connectivity index (χ3n) is 3.48. The van der Waals surface area contributed by atoms with Crippen LogP contribution in [0, 0.1) is 0 Å². The fraction of sp³-hybridized carbons (Fsp3) is 0.769. The number of anilines is 1. The highest BCUT2D eigenvalue weighted by Crippen LogP contribution is 2.22. The molecule has 0 unspecified atom stereocenters. The Morgan fingerprint density at radius 1 is 1.43 bits per heavy atom. The second kappa shape index (κ2) is 6.60. The molecule has 1 aliphatic heterocycles. The molecular weight excluding hydrogens is 308 g/mol. The van der Waals surface area contributed by atoms with E-state index in [0.29, 0.717) is 12.6 Å². The van der Waals surface area contributed by atoms with Gasteiger partial charge in [-0.3, -0.25) is 0 Å². The predicted molar refractivity (Wildman–Crippen MR) is 87.4 cm³/mol.